The molecule has 1 heterocycles. The first-order valence-corrected chi connectivity index (χ1v) is 10.6. The van der Waals surface area contributed by atoms with E-state index in [0.29, 0.717) is 0 Å². The number of hydrogen-bond acceptors (Lipinski definition) is 8. The monoisotopic (exact) mass is 354 g/mol. The van der Waals surface area contributed by atoms with Crippen molar-refractivity contribution in [2.24, 2.45) is 0 Å². The number of nitrogens with one attached hydrogen (secondary N) is 1. The van der Waals surface area contributed by atoms with Crippen LogP contribution in [-0.2, 0) is 19.7 Å². The molecule has 10 heteroatoms. The van der Waals surface area contributed by atoms with Gasteiger partial charge in [-0.1, -0.05) is 6.92 Å². The van der Waals surface area contributed by atoms with E-state index < -0.39 is 19.7 Å². The van der Waals surface area contributed by atoms with Gasteiger partial charge in [0.2, 0.25) is 0 Å². The maximum atomic E-state index is 11.8. The Kier molecular flexibility index (Phi) is 5.40. The van der Waals surface area contributed by atoms with Gasteiger partial charge in [0, 0.05) is 25.5 Å². The Morgan fingerprint density at radius 1 is 1.29 bits per heavy atom. The van der Waals surface area contributed by atoms with Gasteiger partial charge in [0.15, 0.2) is 25.5 Å². The van der Waals surface area contributed by atoms with Crippen LogP contribution in [0.4, 0.5) is 10.7 Å². The molecule has 0 aliphatic rings. The third-order valence-corrected chi connectivity index (χ3v) is 6.99. The zero-order valence-corrected chi connectivity index (χ0v) is 14.4. The number of carbonyl (C=O) groups excluding carboxylic acids is 1. The van der Waals surface area contributed by atoms with Crippen molar-refractivity contribution in [2.75, 3.05) is 35.4 Å². The molecule has 0 fully saturated rings. The predicted octanol–water partition coefficient (Wildman–Crippen LogP) is 0.783. The van der Waals surface area contributed by atoms with Gasteiger partial charge in [0.1, 0.15) is 9.90 Å². The maximum absolute atomic E-state index is 11.8. The van der Waals surface area contributed by atoms with Crippen LogP contribution in [0.15, 0.2) is 4.90 Å². The summed E-state index contributed by atoms with van der Waals surface area (Å²) in [5, 5.41) is 2.95. The van der Waals surface area contributed by atoms with Gasteiger partial charge in [-0.2, -0.15) is 0 Å². The van der Waals surface area contributed by atoms with Crippen molar-refractivity contribution in [1.82, 2.24) is 0 Å². The highest BCUT2D eigenvalue weighted by atomic mass is 32.2. The molecule has 1 rings (SSSR count). The molecule has 3 N–H and O–H groups in total. The minimum atomic E-state index is -3.63. The zero-order chi connectivity index (χ0) is 16.4. The molecular weight excluding hydrogens is 336 g/mol. The molecule has 7 nitrogen and oxygen atoms in total. The number of thiophene rings is 1. The molecule has 0 aliphatic heterocycles. The second kappa shape index (κ2) is 6.32. The van der Waals surface area contributed by atoms with Crippen LogP contribution < -0.4 is 11.1 Å². The number of ketones is 1. The van der Waals surface area contributed by atoms with Crippen LogP contribution in [-0.4, -0.2) is 46.9 Å². The number of rotatable bonds is 7. The molecule has 0 spiro atoms. The van der Waals surface area contributed by atoms with Crippen LogP contribution >= 0.6 is 11.3 Å². The highest BCUT2D eigenvalue weighted by molar-refractivity contribution is 7.91. The Morgan fingerprint density at radius 3 is 2.29 bits per heavy atom. The summed E-state index contributed by atoms with van der Waals surface area (Å²) in [4.78, 5) is 11.5. The van der Waals surface area contributed by atoms with E-state index in [1.165, 1.54) is 13.8 Å². The molecule has 0 saturated carbocycles. The van der Waals surface area contributed by atoms with Crippen molar-refractivity contribution < 1.29 is 21.6 Å². The summed E-state index contributed by atoms with van der Waals surface area (Å²) in [6.07, 6.45) is 0.989. The fourth-order valence-electron chi connectivity index (χ4n) is 1.64. The van der Waals surface area contributed by atoms with Gasteiger partial charge in [-0.05, 0) is 0 Å². The standard InChI is InChI=1S/C11H18N2O5S3/c1-4-21(17,18)6-5-13-11-10(20(3,15)16)8(12)9(19-11)7(2)14/h13H,4-6,12H2,1-3H3. The average Bonchev–Trinajstić information content (AvgIpc) is 2.66. The molecule has 0 radical (unpaired) electrons. The van der Waals surface area contributed by atoms with Crippen LogP contribution in [0.2, 0.25) is 0 Å². The van der Waals surface area contributed by atoms with Gasteiger partial charge in [0.05, 0.1) is 16.3 Å². The molecule has 0 bridgehead atoms. The third-order valence-electron chi connectivity index (χ3n) is 2.73. The fraction of sp³-hybridized carbons (Fsp3) is 0.545. The van der Waals surface area contributed by atoms with Crippen molar-refractivity contribution in [1.29, 1.82) is 0 Å². The van der Waals surface area contributed by atoms with E-state index in [1.807, 2.05) is 0 Å². The molecule has 120 valence electrons. The lowest BCUT2D eigenvalue weighted by atomic mass is 10.3. The van der Waals surface area contributed by atoms with Crippen LogP contribution in [0, 0.1) is 0 Å². The topological polar surface area (TPSA) is 123 Å². The Hall–Kier alpha value is -1.13. The quantitative estimate of drug-likeness (QED) is 0.694. The van der Waals surface area contributed by atoms with Gasteiger partial charge in [0.25, 0.3) is 0 Å². The lowest BCUT2D eigenvalue weighted by molar-refractivity contribution is 0.102. The summed E-state index contributed by atoms with van der Waals surface area (Å²) in [6, 6.07) is 0. The number of carbonyl (C=O) groups is 1. The normalized spacial score (nSPS) is 12.3. The molecule has 0 amide bonds. The van der Waals surface area contributed by atoms with Gasteiger partial charge >= 0.3 is 0 Å². The average molecular weight is 354 g/mol. The first-order valence-electron chi connectivity index (χ1n) is 6.07. The number of hydrogen-bond donors (Lipinski definition) is 2. The largest absolute Gasteiger partial charge is 0.396 e. The second-order valence-electron chi connectivity index (χ2n) is 4.49. The Morgan fingerprint density at radius 2 is 1.86 bits per heavy atom. The van der Waals surface area contributed by atoms with E-state index in [4.69, 9.17) is 5.73 Å². The lowest BCUT2D eigenvalue weighted by Gasteiger charge is -2.06. The minimum Gasteiger partial charge on any atom is -0.396 e. The van der Waals surface area contributed by atoms with E-state index in [2.05, 4.69) is 5.32 Å². The second-order valence-corrected chi connectivity index (χ2v) is 9.94. The number of Topliss-reactive ketones (excluding diaryl/α,β-unsaturated/α-hetero) is 1. The van der Waals surface area contributed by atoms with Crippen molar-refractivity contribution in [3.05, 3.63) is 4.88 Å². The minimum absolute atomic E-state index is 0.0128. The summed E-state index contributed by atoms with van der Waals surface area (Å²) in [5.41, 5.74) is 5.64. The highest BCUT2D eigenvalue weighted by Crippen LogP contribution is 2.39. The van der Waals surface area contributed by atoms with Crippen molar-refractivity contribution in [3.63, 3.8) is 0 Å². The van der Waals surface area contributed by atoms with E-state index in [-0.39, 0.29) is 44.3 Å². The number of nitrogen functional groups attached to an aromatic ring is 1. The Bertz CT molecular complexity index is 747. The van der Waals surface area contributed by atoms with Crippen LogP contribution in [0.1, 0.15) is 23.5 Å². The molecule has 1 aromatic rings. The maximum Gasteiger partial charge on any atom is 0.180 e. The van der Waals surface area contributed by atoms with Crippen molar-refractivity contribution >= 4 is 47.5 Å². The van der Waals surface area contributed by atoms with E-state index in [0.717, 1.165) is 17.6 Å². The number of anilines is 2. The SMILES string of the molecule is CCS(=O)(=O)CCNc1sc(C(C)=O)c(N)c1S(C)(=O)=O. The van der Waals surface area contributed by atoms with E-state index in [1.54, 1.807) is 0 Å². The molecular formula is C11H18N2O5S3. The Labute approximate surface area is 128 Å². The van der Waals surface area contributed by atoms with E-state index in [9.17, 15) is 21.6 Å². The predicted molar refractivity (Wildman–Crippen MR) is 84.7 cm³/mol. The smallest absolute Gasteiger partial charge is 0.180 e. The Balaban J connectivity index is 3.13. The highest BCUT2D eigenvalue weighted by Gasteiger charge is 2.25. The van der Waals surface area contributed by atoms with Crippen LogP contribution in [0.25, 0.3) is 0 Å². The molecule has 0 unspecified atom stereocenters. The van der Waals surface area contributed by atoms with Crippen LogP contribution in [0.5, 0.6) is 0 Å². The fourth-order valence-corrected chi connectivity index (χ4v) is 4.83. The molecule has 21 heavy (non-hydrogen) atoms. The molecule has 0 aliphatic carbocycles. The van der Waals surface area contributed by atoms with Gasteiger partial charge < -0.3 is 11.1 Å². The number of nitrogens with two attached hydrogens (primary N) is 1. The van der Waals surface area contributed by atoms with E-state index >= 15 is 0 Å². The number of sulfone groups is 2. The lowest BCUT2D eigenvalue weighted by Crippen LogP contribution is -2.17. The summed E-state index contributed by atoms with van der Waals surface area (Å²) >= 11 is 0.920. The molecule has 0 saturated heterocycles. The van der Waals surface area contributed by atoms with Crippen molar-refractivity contribution in [2.45, 2.75) is 18.7 Å². The van der Waals surface area contributed by atoms with Gasteiger partial charge in [-0.25, -0.2) is 16.8 Å². The third kappa shape index (κ3) is 4.42. The molecule has 0 atom stereocenters. The summed E-state index contributed by atoms with van der Waals surface area (Å²) in [5.74, 6) is -0.449. The molecule has 1 aromatic heterocycles. The van der Waals surface area contributed by atoms with Crippen LogP contribution in [0.3, 0.4) is 0 Å². The van der Waals surface area contributed by atoms with Gasteiger partial charge in [-0.3, -0.25) is 4.79 Å². The first kappa shape index (κ1) is 17.9. The summed E-state index contributed by atoms with van der Waals surface area (Å²) in [7, 11) is -6.79. The van der Waals surface area contributed by atoms with Gasteiger partial charge in [-0.15, -0.1) is 11.3 Å². The molecule has 0 aromatic carbocycles. The van der Waals surface area contributed by atoms with Crippen molar-refractivity contribution in [3.8, 4) is 0 Å². The zero-order valence-electron chi connectivity index (χ0n) is 12.0. The summed E-state index contributed by atoms with van der Waals surface area (Å²) in [6.45, 7) is 2.88. The first-order chi connectivity index (χ1) is 9.49. The summed E-state index contributed by atoms with van der Waals surface area (Å²) < 4.78 is 46.4.